The Morgan fingerprint density at radius 1 is 1.33 bits per heavy atom. The van der Waals surface area contributed by atoms with E-state index in [9.17, 15) is 9.90 Å². The highest BCUT2D eigenvalue weighted by atomic mass is 16.5. The van der Waals surface area contributed by atoms with Crippen molar-refractivity contribution in [2.75, 3.05) is 27.2 Å². The minimum atomic E-state index is -0.745. The first kappa shape index (κ1) is 14.2. The molecule has 5 heteroatoms. The van der Waals surface area contributed by atoms with Gasteiger partial charge in [-0.3, -0.25) is 9.69 Å². The van der Waals surface area contributed by atoms with E-state index in [0.717, 1.165) is 25.1 Å². The number of likely N-dealkylation sites (N-methyl/N-ethyl adjacent to an activating group) is 1. The average molecular weight is 291 g/mol. The van der Waals surface area contributed by atoms with Gasteiger partial charge in [0.1, 0.15) is 6.10 Å². The van der Waals surface area contributed by atoms with Gasteiger partial charge in [-0.2, -0.15) is 0 Å². The second-order valence-electron chi connectivity index (χ2n) is 6.07. The molecular formula is C16H21NO4. The first-order chi connectivity index (χ1) is 10.0. The third-order valence-corrected chi connectivity index (χ3v) is 4.66. The van der Waals surface area contributed by atoms with Crippen molar-refractivity contribution in [3.8, 4) is 11.5 Å². The van der Waals surface area contributed by atoms with E-state index in [-0.39, 0.29) is 6.10 Å². The van der Waals surface area contributed by atoms with Crippen molar-refractivity contribution in [1.29, 1.82) is 0 Å². The van der Waals surface area contributed by atoms with Gasteiger partial charge in [-0.05, 0) is 37.6 Å². The van der Waals surface area contributed by atoms with Crippen LogP contribution in [-0.4, -0.2) is 49.3 Å². The number of carboxylic acid groups (broad SMARTS) is 1. The third kappa shape index (κ3) is 2.35. The molecule has 1 saturated heterocycles. The molecule has 21 heavy (non-hydrogen) atoms. The lowest BCUT2D eigenvalue weighted by Crippen LogP contribution is -2.51. The third-order valence-electron chi connectivity index (χ3n) is 4.66. The molecule has 0 atom stereocenters. The molecule has 2 fully saturated rings. The van der Waals surface area contributed by atoms with E-state index in [0.29, 0.717) is 24.3 Å². The first-order valence-corrected chi connectivity index (χ1v) is 7.32. The maximum absolute atomic E-state index is 11.6. The Morgan fingerprint density at radius 3 is 2.52 bits per heavy atom. The van der Waals surface area contributed by atoms with Crippen LogP contribution in [-0.2, 0) is 10.2 Å². The minimum absolute atomic E-state index is 0.187. The topological polar surface area (TPSA) is 59.0 Å². The van der Waals surface area contributed by atoms with Crippen molar-refractivity contribution in [1.82, 2.24) is 4.90 Å². The fourth-order valence-electron chi connectivity index (χ4n) is 3.11. The molecule has 1 saturated carbocycles. The van der Waals surface area contributed by atoms with Gasteiger partial charge >= 0.3 is 5.97 Å². The van der Waals surface area contributed by atoms with Crippen LogP contribution in [0.2, 0.25) is 0 Å². The molecule has 5 nitrogen and oxygen atoms in total. The van der Waals surface area contributed by atoms with Gasteiger partial charge in [0.05, 0.1) is 12.5 Å². The van der Waals surface area contributed by atoms with Gasteiger partial charge in [0.2, 0.25) is 0 Å². The molecule has 1 aliphatic carbocycles. The fourth-order valence-corrected chi connectivity index (χ4v) is 3.11. The quantitative estimate of drug-likeness (QED) is 0.898. The molecule has 0 amide bonds. The highest BCUT2D eigenvalue weighted by Gasteiger charge is 2.46. The SMILES string of the molecule is COc1cc(C2(C(=O)O)CCC2)ccc1OC1CN(C)C1. The lowest BCUT2D eigenvalue weighted by atomic mass is 9.64. The van der Waals surface area contributed by atoms with Gasteiger partial charge in [0.25, 0.3) is 0 Å². The van der Waals surface area contributed by atoms with Gasteiger partial charge in [-0.25, -0.2) is 0 Å². The molecule has 0 bridgehead atoms. The summed E-state index contributed by atoms with van der Waals surface area (Å²) >= 11 is 0. The van der Waals surface area contributed by atoms with Crippen LogP contribution in [0, 0.1) is 0 Å². The Labute approximate surface area is 124 Å². The van der Waals surface area contributed by atoms with Crippen molar-refractivity contribution in [3.63, 3.8) is 0 Å². The summed E-state index contributed by atoms with van der Waals surface area (Å²) in [5.41, 5.74) is 0.0823. The van der Waals surface area contributed by atoms with E-state index in [4.69, 9.17) is 9.47 Å². The van der Waals surface area contributed by atoms with Crippen molar-refractivity contribution in [2.45, 2.75) is 30.8 Å². The summed E-state index contributed by atoms with van der Waals surface area (Å²) in [6.45, 7) is 1.81. The Balaban J connectivity index is 1.83. The number of aliphatic carboxylic acids is 1. The molecule has 3 rings (SSSR count). The van der Waals surface area contributed by atoms with Gasteiger partial charge < -0.3 is 14.6 Å². The lowest BCUT2D eigenvalue weighted by Gasteiger charge is -2.39. The molecule has 0 radical (unpaired) electrons. The van der Waals surface area contributed by atoms with Gasteiger partial charge in [0.15, 0.2) is 11.5 Å². The normalized spacial score (nSPS) is 21.2. The number of carbonyl (C=O) groups is 1. The molecule has 1 N–H and O–H groups in total. The van der Waals surface area contributed by atoms with E-state index in [2.05, 4.69) is 4.90 Å². The molecule has 1 aromatic rings. The van der Waals surface area contributed by atoms with E-state index >= 15 is 0 Å². The van der Waals surface area contributed by atoms with Crippen LogP contribution in [0.5, 0.6) is 11.5 Å². The smallest absolute Gasteiger partial charge is 0.314 e. The number of hydrogen-bond donors (Lipinski definition) is 1. The van der Waals surface area contributed by atoms with Crippen molar-refractivity contribution in [2.24, 2.45) is 0 Å². The van der Waals surface area contributed by atoms with Crippen LogP contribution < -0.4 is 9.47 Å². The summed E-state index contributed by atoms with van der Waals surface area (Å²) in [6.07, 6.45) is 2.53. The summed E-state index contributed by atoms with van der Waals surface area (Å²) in [7, 11) is 3.64. The number of ether oxygens (including phenoxy) is 2. The largest absolute Gasteiger partial charge is 0.493 e. The number of rotatable bonds is 5. The van der Waals surface area contributed by atoms with Crippen molar-refractivity contribution >= 4 is 5.97 Å². The zero-order chi connectivity index (χ0) is 15.0. The molecule has 1 aromatic carbocycles. The molecule has 1 aliphatic heterocycles. The minimum Gasteiger partial charge on any atom is -0.493 e. The lowest BCUT2D eigenvalue weighted by molar-refractivity contribution is -0.147. The van der Waals surface area contributed by atoms with Crippen LogP contribution in [0.1, 0.15) is 24.8 Å². The van der Waals surface area contributed by atoms with Crippen LogP contribution >= 0.6 is 0 Å². The van der Waals surface area contributed by atoms with E-state index in [1.54, 1.807) is 7.11 Å². The highest BCUT2D eigenvalue weighted by Crippen LogP contribution is 2.46. The second kappa shape index (κ2) is 5.22. The summed E-state index contributed by atoms with van der Waals surface area (Å²) in [6, 6.07) is 5.54. The molecule has 114 valence electrons. The monoisotopic (exact) mass is 291 g/mol. The summed E-state index contributed by atoms with van der Waals surface area (Å²) in [4.78, 5) is 13.8. The second-order valence-corrected chi connectivity index (χ2v) is 6.07. The molecule has 2 aliphatic rings. The zero-order valence-corrected chi connectivity index (χ0v) is 12.5. The van der Waals surface area contributed by atoms with E-state index < -0.39 is 11.4 Å². The molecule has 0 unspecified atom stereocenters. The Bertz CT molecular complexity index is 547. The molecule has 0 aromatic heterocycles. The van der Waals surface area contributed by atoms with Gasteiger partial charge in [-0.15, -0.1) is 0 Å². The Hall–Kier alpha value is -1.75. The highest BCUT2D eigenvalue weighted by molar-refractivity contribution is 5.83. The number of benzene rings is 1. The summed E-state index contributed by atoms with van der Waals surface area (Å²) in [5.74, 6) is 0.568. The van der Waals surface area contributed by atoms with Crippen LogP contribution in [0.4, 0.5) is 0 Å². The van der Waals surface area contributed by atoms with Crippen LogP contribution in [0.3, 0.4) is 0 Å². The summed E-state index contributed by atoms with van der Waals surface area (Å²) in [5, 5.41) is 9.51. The predicted octanol–water partition coefficient (Wildman–Crippen LogP) is 1.89. The fraction of sp³-hybridized carbons (Fsp3) is 0.562. The number of carboxylic acids is 1. The Kier molecular flexibility index (Phi) is 3.53. The first-order valence-electron chi connectivity index (χ1n) is 7.32. The van der Waals surface area contributed by atoms with Crippen molar-refractivity contribution in [3.05, 3.63) is 23.8 Å². The maximum atomic E-state index is 11.6. The summed E-state index contributed by atoms with van der Waals surface area (Å²) < 4.78 is 11.3. The molecule has 0 spiro atoms. The van der Waals surface area contributed by atoms with E-state index in [1.165, 1.54) is 0 Å². The standard InChI is InChI=1S/C16H21NO4/c1-17-9-12(10-17)21-13-5-4-11(8-14(13)20-2)16(15(18)19)6-3-7-16/h4-5,8,12H,3,6-7,9-10H2,1-2H3,(H,18,19). The van der Waals surface area contributed by atoms with Crippen LogP contribution in [0.15, 0.2) is 18.2 Å². The van der Waals surface area contributed by atoms with Gasteiger partial charge in [0, 0.05) is 13.1 Å². The number of likely N-dealkylation sites (tertiary alicyclic amines) is 1. The molecular weight excluding hydrogens is 270 g/mol. The molecule has 1 heterocycles. The number of methoxy groups -OCH3 is 1. The Morgan fingerprint density at radius 2 is 2.05 bits per heavy atom. The van der Waals surface area contributed by atoms with Crippen LogP contribution in [0.25, 0.3) is 0 Å². The zero-order valence-electron chi connectivity index (χ0n) is 12.5. The number of nitrogens with zero attached hydrogens (tertiary/aromatic N) is 1. The van der Waals surface area contributed by atoms with Crippen molar-refractivity contribution < 1.29 is 19.4 Å². The van der Waals surface area contributed by atoms with E-state index in [1.807, 2.05) is 25.2 Å². The van der Waals surface area contributed by atoms with Gasteiger partial charge in [-0.1, -0.05) is 12.5 Å². The predicted molar refractivity (Wildman–Crippen MR) is 78.1 cm³/mol. The average Bonchev–Trinajstić information content (AvgIpc) is 2.36. The maximum Gasteiger partial charge on any atom is 0.314 e. The number of hydrogen-bond acceptors (Lipinski definition) is 4.